The van der Waals surface area contributed by atoms with Crippen molar-refractivity contribution in [3.05, 3.63) is 89.2 Å². The summed E-state index contributed by atoms with van der Waals surface area (Å²) in [6.45, 7) is 4.97. The lowest BCUT2D eigenvalue weighted by atomic mass is 10.0. The normalized spacial score (nSPS) is 11.8. The maximum absolute atomic E-state index is 13.4. The number of carbonyl (C=O) groups excluding carboxylic acids is 1. The second-order valence-corrected chi connectivity index (χ2v) is 7.91. The molecule has 0 aliphatic rings. The van der Waals surface area contributed by atoms with E-state index in [1.165, 1.54) is 18.3 Å². The van der Waals surface area contributed by atoms with Gasteiger partial charge in [-0.1, -0.05) is 24.3 Å². The summed E-state index contributed by atoms with van der Waals surface area (Å²) in [7, 11) is 0. The van der Waals surface area contributed by atoms with Crippen LogP contribution in [0, 0.1) is 5.82 Å². The van der Waals surface area contributed by atoms with Gasteiger partial charge in [0.2, 0.25) is 5.91 Å². The van der Waals surface area contributed by atoms with Crippen molar-refractivity contribution in [2.24, 2.45) is 5.10 Å². The summed E-state index contributed by atoms with van der Waals surface area (Å²) in [5, 5.41) is 14.3. The van der Waals surface area contributed by atoms with Gasteiger partial charge < -0.3 is 19.3 Å². The summed E-state index contributed by atoms with van der Waals surface area (Å²) in [5.41, 5.74) is 4.60. The van der Waals surface area contributed by atoms with E-state index in [0.29, 0.717) is 35.8 Å². The number of rotatable bonds is 13. The molecule has 0 bridgehead atoms. The van der Waals surface area contributed by atoms with Crippen LogP contribution in [0.2, 0.25) is 0 Å². The number of nitrogens with zero attached hydrogens (tertiary/aromatic N) is 1. The molecule has 2 N–H and O–H groups in total. The van der Waals surface area contributed by atoms with Crippen molar-refractivity contribution in [1.82, 2.24) is 5.43 Å². The van der Waals surface area contributed by atoms with E-state index in [9.17, 15) is 14.3 Å². The van der Waals surface area contributed by atoms with E-state index >= 15 is 0 Å². The van der Waals surface area contributed by atoms with E-state index < -0.39 is 6.10 Å². The minimum atomic E-state index is -0.760. The molecule has 0 heterocycles. The SMILES string of the molecule is CCOc1ccc([C@@H](O)CCC(=O)N/N=C\c2ccc(OCc3cccc(F)c3)c(OCC)c2)cc1. The Morgan fingerprint density at radius 3 is 2.50 bits per heavy atom. The molecular weight excluding hydrogens is 463 g/mol. The summed E-state index contributed by atoms with van der Waals surface area (Å²) in [4.78, 5) is 12.1. The van der Waals surface area contributed by atoms with Gasteiger partial charge in [-0.15, -0.1) is 0 Å². The van der Waals surface area contributed by atoms with Crippen LogP contribution in [0.5, 0.6) is 17.2 Å². The molecule has 0 saturated carbocycles. The molecule has 36 heavy (non-hydrogen) atoms. The number of halogens is 1. The molecule has 0 aromatic heterocycles. The van der Waals surface area contributed by atoms with Crippen LogP contribution >= 0.6 is 0 Å². The molecule has 7 nitrogen and oxygen atoms in total. The summed E-state index contributed by atoms with van der Waals surface area (Å²) in [6.07, 6.45) is 1.12. The van der Waals surface area contributed by atoms with Crippen LogP contribution in [0.25, 0.3) is 0 Å². The van der Waals surface area contributed by atoms with Gasteiger partial charge in [0.05, 0.1) is 25.5 Å². The van der Waals surface area contributed by atoms with Crippen LogP contribution in [0.4, 0.5) is 4.39 Å². The number of aliphatic hydroxyl groups is 1. The lowest BCUT2D eigenvalue weighted by molar-refractivity contribution is -0.121. The van der Waals surface area contributed by atoms with E-state index in [4.69, 9.17) is 14.2 Å². The fraction of sp³-hybridized carbons (Fsp3) is 0.286. The zero-order valence-corrected chi connectivity index (χ0v) is 20.4. The quantitative estimate of drug-likeness (QED) is 0.253. The summed E-state index contributed by atoms with van der Waals surface area (Å²) >= 11 is 0. The van der Waals surface area contributed by atoms with E-state index in [-0.39, 0.29) is 31.2 Å². The topological polar surface area (TPSA) is 89.4 Å². The van der Waals surface area contributed by atoms with Gasteiger partial charge >= 0.3 is 0 Å². The monoisotopic (exact) mass is 494 g/mol. The van der Waals surface area contributed by atoms with Gasteiger partial charge in [-0.05, 0) is 79.4 Å². The molecule has 0 radical (unpaired) electrons. The molecule has 0 spiro atoms. The number of carbonyl (C=O) groups is 1. The highest BCUT2D eigenvalue weighted by molar-refractivity contribution is 5.83. The number of amides is 1. The Morgan fingerprint density at radius 1 is 1.00 bits per heavy atom. The first-order chi connectivity index (χ1) is 17.5. The molecule has 0 saturated heterocycles. The Labute approximate surface area is 210 Å². The van der Waals surface area contributed by atoms with Crippen LogP contribution in [-0.2, 0) is 11.4 Å². The number of nitrogens with one attached hydrogen (secondary N) is 1. The van der Waals surface area contributed by atoms with E-state index in [1.54, 1.807) is 54.6 Å². The fourth-order valence-corrected chi connectivity index (χ4v) is 3.40. The minimum absolute atomic E-state index is 0.114. The van der Waals surface area contributed by atoms with E-state index in [2.05, 4.69) is 10.5 Å². The van der Waals surface area contributed by atoms with Gasteiger partial charge in [-0.2, -0.15) is 5.10 Å². The van der Waals surface area contributed by atoms with Gasteiger partial charge in [0.15, 0.2) is 11.5 Å². The number of hydrogen-bond donors (Lipinski definition) is 2. The van der Waals surface area contributed by atoms with Crippen LogP contribution < -0.4 is 19.6 Å². The Morgan fingerprint density at radius 2 is 1.78 bits per heavy atom. The Bertz CT molecular complexity index is 1150. The molecule has 3 aromatic carbocycles. The number of aliphatic hydroxyl groups excluding tert-OH is 1. The zero-order valence-electron chi connectivity index (χ0n) is 20.4. The first-order valence-electron chi connectivity index (χ1n) is 11.8. The largest absolute Gasteiger partial charge is 0.494 e. The zero-order chi connectivity index (χ0) is 25.8. The highest BCUT2D eigenvalue weighted by Crippen LogP contribution is 2.29. The van der Waals surface area contributed by atoms with Crippen LogP contribution in [-0.4, -0.2) is 30.4 Å². The van der Waals surface area contributed by atoms with Gasteiger partial charge in [-0.3, -0.25) is 4.79 Å². The standard InChI is InChI=1S/C28H31FN2O5/c1-3-34-24-11-9-22(10-12-24)25(32)13-15-28(33)31-30-18-20-8-14-26(27(17-20)35-4-2)36-19-21-6-5-7-23(29)16-21/h5-12,14,16-18,25,32H,3-4,13,15,19H2,1-2H3,(H,31,33)/b30-18-/t25-/m0/s1. The summed E-state index contributed by atoms with van der Waals surface area (Å²) in [6, 6.07) is 18.6. The number of hydrazone groups is 1. The highest BCUT2D eigenvalue weighted by Gasteiger charge is 2.11. The average Bonchev–Trinajstić information content (AvgIpc) is 2.88. The van der Waals surface area contributed by atoms with Gasteiger partial charge in [0.1, 0.15) is 18.2 Å². The Hall–Kier alpha value is -3.91. The molecule has 3 aromatic rings. The van der Waals surface area contributed by atoms with Crippen molar-refractivity contribution in [1.29, 1.82) is 0 Å². The third kappa shape index (κ3) is 8.39. The Balaban J connectivity index is 1.50. The second-order valence-electron chi connectivity index (χ2n) is 7.91. The predicted octanol–water partition coefficient (Wildman–Crippen LogP) is 5.17. The van der Waals surface area contributed by atoms with Crippen molar-refractivity contribution in [2.75, 3.05) is 13.2 Å². The molecule has 190 valence electrons. The molecule has 3 rings (SSSR count). The lowest BCUT2D eigenvalue weighted by Crippen LogP contribution is -2.18. The summed E-state index contributed by atoms with van der Waals surface area (Å²) < 4.78 is 30.2. The lowest BCUT2D eigenvalue weighted by Gasteiger charge is -2.13. The van der Waals surface area contributed by atoms with Crippen LogP contribution in [0.15, 0.2) is 71.8 Å². The molecule has 0 aliphatic carbocycles. The van der Waals surface area contributed by atoms with Crippen LogP contribution in [0.3, 0.4) is 0 Å². The fourth-order valence-electron chi connectivity index (χ4n) is 3.40. The number of hydrogen-bond acceptors (Lipinski definition) is 6. The number of benzene rings is 3. The first-order valence-corrected chi connectivity index (χ1v) is 11.8. The predicted molar refractivity (Wildman–Crippen MR) is 136 cm³/mol. The van der Waals surface area contributed by atoms with Gasteiger partial charge in [0, 0.05) is 6.42 Å². The summed E-state index contributed by atoms with van der Waals surface area (Å²) in [5.74, 6) is 1.14. The van der Waals surface area contributed by atoms with Crippen LogP contribution in [0.1, 0.15) is 49.5 Å². The van der Waals surface area contributed by atoms with Crippen molar-refractivity contribution >= 4 is 12.1 Å². The molecular formula is C28H31FN2O5. The molecule has 1 amide bonds. The molecule has 0 aliphatic heterocycles. The van der Waals surface area contributed by atoms with Crippen molar-refractivity contribution in [3.8, 4) is 17.2 Å². The third-order valence-corrected chi connectivity index (χ3v) is 5.17. The first kappa shape index (κ1) is 26.7. The van der Waals surface area contributed by atoms with Crippen molar-refractivity contribution < 1.29 is 28.5 Å². The Kier molecular flexibility index (Phi) is 10.3. The van der Waals surface area contributed by atoms with Crippen molar-refractivity contribution in [2.45, 2.75) is 39.4 Å². The van der Waals surface area contributed by atoms with Gasteiger partial charge in [0.25, 0.3) is 0 Å². The molecule has 8 heteroatoms. The average molecular weight is 495 g/mol. The maximum Gasteiger partial charge on any atom is 0.240 e. The second kappa shape index (κ2) is 13.8. The molecule has 0 unspecified atom stereocenters. The smallest absolute Gasteiger partial charge is 0.240 e. The maximum atomic E-state index is 13.4. The molecule has 0 fully saturated rings. The minimum Gasteiger partial charge on any atom is -0.494 e. The van der Waals surface area contributed by atoms with Crippen molar-refractivity contribution in [3.63, 3.8) is 0 Å². The van der Waals surface area contributed by atoms with Gasteiger partial charge in [-0.25, -0.2) is 9.82 Å². The highest BCUT2D eigenvalue weighted by atomic mass is 19.1. The van der Waals surface area contributed by atoms with E-state index in [1.807, 2.05) is 13.8 Å². The molecule has 1 atom stereocenters. The third-order valence-electron chi connectivity index (χ3n) is 5.17. The number of ether oxygens (including phenoxy) is 3. The van der Waals surface area contributed by atoms with E-state index in [0.717, 1.165) is 11.3 Å².